The van der Waals surface area contributed by atoms with Gasteiger partial charge in [0.15, 0.2) is 5.58 Å². The Morgan fingerprint density at radius 3 is 1.85 bits per heavy atom. The van der Waals surface area contributed by atoms with E-state index in [-0.39, 0.29) is 5.41 Å². The molecule has 0 amide bonds. The Morgan fingerprint density at radius 1 is 0.462 bits per heavy atom. The van der Waals surface area contributed by atoms with E-state index in [1.807, 2.05) is 0 Å². The fraction of sp³-hybridized carbons (Fsp3) is 0.0612. The minimum atomic E-state index is -0.127. The first kappa shape index (κ1) is 29.2. The van der Waals surface area contributed by atoms with Crippen LogP contribution in [0.1, 0.15) is 25.0 Å². The molecule has 0 spiro atoms. The second-order valence-electron chi connectivity index (χ2n) is 14.5. The van der Waals surface area contributed by atoms with E-state index in [4.69, 9.17) is 4.42 Å². The Kier molecular flexibility index (Phi) is 6.01. The molecule has 0 aliphatic heterocycles. The Balaban J connectivity index is 1.18. The maximum absolute atomic E-state index is 6.98. The minimum Gasteiger partial charge on any atom is -0.453 e. The van der Waals surface area contributed by atoms with Crippen molar-refractivity contribution in [1.82, 2.24) is 4.57 Å². The normalized spacial score (nSPS) is 13.3. The molecular formula is C49H34N2O. The Bertz CT molecular complexity index is 3000. The average Bonchev–Trinajstić information content (AvgIpc) is 3.82. The zero-order valence-corrected chi connectivity index (χ0v) is 29.0. The SMILES string of the molecule is CC1(C)c2ccccc2-c2c(N(c3ccc(-n4c5ccccc5c5ccccc54)cc3)c3cccc4c3oc3c5ccccc5ccc43)cccc21. The summed E-state index contributed by atoms with van der Waals surface area (Å²) in [5.74, 6) is 0. The van der Waals surface area contributed by atoms with Crippen molar-refractivity contribution in [2.75, 3.05) is 4.90 Å². The van der Waals surface area contributed by atoms with Crippen LogP contribution >= 0.6 is 0 Å². The summed E-state index contributed by atoms with van der Waals surface area (Å²) in [5, 5.41) is 7.05. The third kappa shape index (κ3) is 3.96. The molecule has 11 rings (SSSR count). The van der Waals surface area contributed by atoms with E-state index < -0.39 is 0 Å². The second-order valence-corrected chi connectivity index (χ2v) is 14.5. The minimum absolute atomic E-state index is 0.127. The molecule has 52 heavy (non-hydrogen) atoms. The van der Waals surface area contributed by atoms with Gasteiger partial charge in [-0.1, -0.05) is 129 Å². The number of furan rings is 1. The van der Waals surface area contributed by atoms with Crippen LogP contribution in [0.25, 0.3) is 71.3 Å². The molecule has 3 heteroatoms. The van der Waals surface area contributed by atoms with E-state index in [2.05, 4.69) is 193 Å². The van der Waals surface area contributed by atoms with E-state index in [0.717, 1.165) is 50.1 Å². The maximum atomic E-state index is 6.98. The van der Waals surface area contributed by atoms with Gasteiger partial charge in [0, 0.05) is 49.3 Å². The molecule has 0 saturated heterocycles. The summed E-state index contributed by atoms with van der Waals surface area (Å²) >= 11 is 0. The predicted octanol–water partition coefficient (Wildman–Crippen LogP) is 13.6. The average molecular weight is 667 g/mol. The van der Waals surface area contributed by atoms with Crippen molar-refractivity contribution in [3.8, 4) is 16.8 Å². The largest absolute Gasteiger partial charge is 0.453 e. The van der Waals surface area contributed by atoms with Crippen molar-refractivity contribution in [2.45, 2.75) is 19.3 Å². The molecule has 246 valence electrons. The van der Waals surface area contributed by atoms with E-state index in [1.54, 1.807) is 0 Å². The molecule has 0 N–H and O–H groups in total. The lowest BCUT2D eigenvalue weighted by Crippen LogP contribution is -2.16. The first-order valence-corrected chi connectivity index (χ1v) is 18.0. The van der Waals surface area contributed by atoms with E-state index in [9.17, 15) is 0 Å². The van der Waals surface area contributed by atoms with Crippen molar-refractivity contribution in [3.05, 3.63) is 181 Å². The van der Waals surface area contributed by atoms with Crippen molar-refractivity contribution < 1.29 is 4.42 Å². The zero-order chi connectivity index (χ0) is 34.6. The molecule has 1 aliphatic carbocycles. The molecule has 0 atom stereocenters. The molecule has 3 nitrogen and oxygen atoms in total. The number of aromatic nitrogens is 1. The Hall–Kier alpha value is -6.58. The molecule has 8 aromatic carbocycles. The number of fused-ring (bicyclic) bond motifs is 11. The molecule has 0 saturated carbocycles. The Labute approximate surface area is 301 Å². The van der Waals surface area contributed by atoms with Crippen LogP contribution in [-0.2, 0) is 5.41 Å². The molecule has 0 radical (unpaired) electrons. The van der Waals surface area contributed by atoms with Crippen LogP contribution < -0.4 is 4.90 Å². The number of benzene rings is 8. The van der Waals surface area contributed by atoms with E-state index >= 15 is 0 Å². The van der Waals surface area contributed by atoms with Gasteiger partial charge in [-0.3, -0.25) is 0 Å². The van der Waals surface area contributed by atoms with Crippen molar-refractivity contribution in [2.24, 2.45) is 0 Å². The summed E-state index contributed by atoms with van der Waals surface area (Å²) < 4.78 is 9.36. The van der Waals surface area contributed by atoms with Gasteiger partial charge in [0.1, 0.15) is 5.58 Å². The van der Waals surface area contributed by atoms with Gasteiger partial charge in [0.05, 0.1) is 22.4 Å². The van der Waals surface area contributed by atoms with Gasteiger partial charge < -0.3 is 13.9 Å². The highest BCUT2D eigenvalue weighted by atomic mass is 16.3. The summed E-state index contributed by atoms with van der Waals surface area (Å²) in [6.45, 7) is 4.69. The number of para-hydroxylation sites is 3. The van der Waals surface area contributed by atoms with Gasteiger partial charge in [-0.2, -0.15) is 0 Å². The summed E-state index contributed by atoms with van der Waals surface area (Å²) in [7, 11) is 0. The van der Waals surface area contributed by atoms with Gasteiger partial charge in [-0.15, -0.1) is 0 Å². The predicted molar refractivity (Wildman–Crippen MR) is 218 cm³/mol. The number of hydrogen-bond acceptors (Lipinski definition) is 2. The van der Waals surface area contributed by atoms with Crippen LogP contribution in [-0.4, -0.2) is 4.57 Å². The number of rotatable bonds is 4. The van der Waals surface area contributed by atoms with Crippen molar-refractivity contribution in [1.29, 1.82) is 0 Å². The van der Waals surface area contributed by atoms with Gasteiger partial charge in [0.2, 0.25) is 0 Å². The quantitative estimate of drug-likeness (QED) is 0.186. The van der Waals surface area contributed by atoms with E-state index in [1.165, 1.54) is 49.4 Å². The summed E-state index contributed by atoms with van der Waals surface area (Å²) in [4.78, 5) is 2.42. The van der Waals surface area contributed by atoms with Crippen LogP contribution in [0.15, 0.2) is 174 Å². The lowest BCUT2D eigenvalue weighted by atomic mass is 9.82. The van der Waals surface area contributed by atoms with Crippen molar-refractivity contribution in [3.63, 3.8) is 0 Å². The molecule has 0 unspecified atom stereocenters. The standard InChI is InChI=1S/C49H34N2O/c1-49(2)40-19-8-5-17-39(40)46-41(49)20-12-23-44(46)51(45-24-11-18-37-38-30-25-31-13-3-4-14-34(31)47(38)52-48(37)45)33-28-26-32(27-29-33)50-42-21-9-6-15-35(42)36-16-7-10-22-43(36)50/h3-30H,1-2H3. The van der Waals surface area contributed by atoms with Gasteiger partial charge in [-0.05, 0) is 76.7 Å². The number of nitrogens with zero attached hydrogens (tertiary/aromatic N) is 2. The summed E-state index contributed by atoms with van der Waals surface area (Å²) in [5.41, 5.74) is 13.7. The fourth-order valence-electron chi connectivity index (χ4n) is 8.97. The fourth-order valence-corrected chi connectivity index (χ4v) is 8.97. The highest BCUT2D eigenvalue weighted by molar-refractivity contribution is 6.18. The van der Waals surface area contributed by atoms with Crippen LogP contribution in [0.3, 0.4) is 0 Å². The highest BCUT2D eigenvalue weighted by Gasteiger charge is 2.38. The highest BCUT2D eigenvalue weighted by Crippen LogP contribution is 2.55. The molecule has 1 aliphatic rings. The maximum Gasteiger partial charge on any atom is 0.159 e. The Morgan fingerprint density at radius 2 is 1.06 bits per heavy atom. The van der Waals surface area contributed by atoms with Crippen molar-refractivity contribution >= 4 is 71.6 Å². The van der Waals surface area contributed by atoms with Crippen LogP contribution in [0.4, 0.5) is 17.1 Å². The van der Waals surface area contributed by atoms with Gasteiger partial charge >= 0.3 is 0 Å². The smallest absolute Gasteiger partial charge is 0.159 e. The third-order valence-electron chi connectivity index (χ3n) is 11.4. The monoisotopic (exact) mass is 666 g/mol. The molecule has 10 aromatic rings. The molecule has 2 aromatic heterocycles. The topological polar surface area (TPSA) is 21.3 Å². The van der Waals surface area contributed by atoms with Crippen LogP contribution in [0, 0.1) is 0 Å². The number of hydrogen-bond donors (Lipinski definition) is 0. The number of anilines is 3. The zero-order valence-electron chi connectivity index (χ0n) is 29.0. The van der Waals surface area contributed by atoms with Gasteiger partial charge in [-0.25, -0.2) is 0 Å². The summed E-state index contributed by atoms with van der Waals surface area (Å²) in [6, 6.07) is 61.6. The lowest BCUT2D eigenvalue weighted by molar-refractivity contribution is 0.660. The molecule has 0 fully saturated rings. The third-order valence-corrected chi connectivity index (χ3v) is 11.4. The first-order valence-electron chi connectivity index (χ1n) is 18.0. The van der Waals surface area contributed by atoms with Crippen LogP contribution in [0.2, 0.25) is 0 Å². The molecule has 2 heterocycles. The van der Waals surface area contributed by atoms with Crippen LogP contribution in [0.5, 0.6) is 0 Å². The summed E-state index contributed by atoms with van der Waals surface area (Å²) in [6.07, 6.45) is 0. The van der Waals surface area contributed by atoms with Gasteiger partial charge in [0.25, 0.3) is 0 Å². The molecular weight excluding hydrogens is 633 g/mol. The lowest BCUT2D eigenvalue weighted by Gasteiger charge is -2.29. The molecule has 0 bridgehead atoms. The first-order chi connectivity index (χ1) is 25.6. The van der Waals surface area contributed by atoms with E-state index in [0.29, 0.717) is 0 Å². The second kappa shape index (κ2) is 10.7.